The summed E-state index contributed by atoms with van der Waals surface area (Å²) in [4.78, 5) is 0. The summed E-state index contributed by atoms with van der Waals surface area (Å²) in [5.74, 6) is 0. The molecule has 0 aromatic rings. The quantitative estimate of drug-likeness (QED) is 0.384. The molecular formula is C20H40O2. The zero-order valence-electron chi connectivity index (χ0n) is 15.5. The fraction of sp³-hybridized carbons (Fsp3) is 1.00. The summed E-state index contributed by atoms with van der Waals surface area (Å²) in [7, 11) is 0. The minimum Gasteiger partial charge on any atom is -0.353 e. The molecule has 0 aliphatic carbocycles. The standard InChI is InChI=1S/C20H40O2/c1-20(2,3)16-13-11-9-7-5-4-6-8-10-12-15-19-21-17-14-18-22-19/h19H,4-18H2,1-3H3. The SMILES string of the molecule is CC(C)(C)CCCCCCCCCCCCC1OCCCO1. The summed E-state index contributed by atoms with van der Waals surface area (Å²) in [6.07, 6.45) is 17.6. The van der Waals surface area contributed by atoms with E-state index in [4.69, 9.17) is 9.47 Å². The van der Waals surface area contributed by atoms with E-state index in [0.29, 0.717) is 5.41 Å². The molecule has 0 spiro atoms. The van der Waals surface area contributed by atoms with Crippen molar-refractivity contribution < 1.29 is 9.47 Å². The Hall–Kier alpha value is -0.0800. The van der Waals surface area contributed by atoms with Crippen molar-refractivity contribution in [3.8, 4) is 0 Å². The molecule has 0 unspecified atom stereocenters. The van der Waals surface area contributed by atoms with E-state index < -0.39 is 0 Å². The highest BCUT2D eigenvalue weighted by Crippen LogP contribution is 2.22. The molecule has 0 atom stereocenters. The predicted octanol–water partition coefficient (Wildman–Crippen LogP) is 6.48. The molecule has 1 rings (SSSR count). The molecule has 1 heterocycles. The van der Waals surface area contributed by atoms with Crippen LogP contribution in [0.4, 0.5) is 0 Å². The van der Waals surface area contributed by atoms with E-state index in [1.807, 2.05) is 0 Å². The average molecular weight is 313 g/mol. The van der Waals surface area contributed by atoms with Gasteiger partial charge in [-0.05, 0) is 31.1 Å². The molecule has 1 fully saturated rings. The Morgan fingerprint density at radius 2 is 1.14 bits per heavy atom. The number of ether oxygens (including phenoxy) is 2. The van der Waals surface area contributed by atoms with Crippen LogP contribution in [0.15, 0.2) is 0 Å². The first-order valence-corrected chi connectivity index (χ1v) is 9.81. The van der Waals surface area contributed by atoms with Crippen LogP contribution in [0, 0.1) is 5.41 Å². The van der Waals surface area contributed by atoms with E-state index >= 15 is 0 Å². The first-order chi connectivity index (χ1) is 10.6. The molecule has 22 heavy (non-hydrogen) atoms. The number of hydrogen-bond acceptors (Lipinski definition) is 2. The third-order valence-corrected chi connectivity index (χ3v) is 4.51. The maximum Gasteiger partial charge on any atom is 0.157 e. The van der Waals surface area contributed by atoms with E-state index in [1.54, 1.807) is 0 Å². The fourth-order valence-corrected chi connectivity index (χ4v) is 3.08. The van der Waals surface area contributed by atoms with Crippen LogP contribution in [-0.4, -0.2) is 19.5 Å². The van der Waals surface area contributed by atoms with Crippen molar-refractivity contribution in [3.05, 3.63) is 0 Å². The molecule has 0 aromatic heterocycles. The molecule has 0 amide bonds. The molecule has 2 heteroatoms. The summed E-state index contributed by atoms with van der Waals surface area (Å²) >= 11 is 0. The minimum atomic E-state index is 0.0989. The van der Waals surface area contributed by atoms with Gasteiger partial charge < -0.3 is 9.47 Å². The van der Waals surface area contributed by atoms with Gasteiger partial charge in [0.05, 0.1) is 13.2 Å². The Labute approximate surface area is 139 Å². The minimum absolute atomic E-state index is 0.0989. The van der Waals surface area contributed by atoms with Crippen molar-refractivity contribution in [3.63, 3.8) is 0 Å². The second-order valence-electron chi connectivity index (χ2n) is 8.16. The normalized spacial score (nSPS) is 17.0. The van der Waals surface area contributed by atoms with Crippen molar-refractivity contribution in [1.29, 1.82) is 0 Å². The van der Waals surface area contributed by atoms with Gasteiger partial charge in [-0.25, -0.2) is 0 Å². The van der Waals surface area contributed by atoms with Gasteiger partial charge in [-0.15, -0.1) is 0 Å². The van der Waals surface area contributed by atoms with E-state index in [1.165, 1.54) is 70.6 Å². The third-order valence-electron chi connectivity index (χ3n) is 4.51. The Balaban J connectivity index is 1.73. The van der Waals surface area contributed by atoms with Gasteiger partial charge >= 0.3 is 0 Å². The van der Waals surface area contributed by atoms with Gasteiger partial charge in [-0.2, -0.15) is 0 Å². The molecule has 1 aliphatic heterocycles. The largest absolute Gasteiger partial charge is 0.353 e. The molecule has 1 aliphatic rings. The summed E-state index contributed by atoms with van der Waals surface area (Å²) in [6, 6.07) is 0. The molecule has 1 saturated heterocycles. The van der Waals surface area contributed by atoms with Crippen LogP contribution in [0.5, 0.6) is 0 Å². The lowest BCUT2D eigenvalue weighted by Crippen LogP contribution is -2.24. The van der Waals surface area contributed by atoms with Crippen LogP contribution in [0.3, 0.4) is 0 Å². The Bertz CT molecular complexity index is 239. The zero-order chi connectivity index (χ0) is 16.1. The van der Waals surface area contributed by atoms with Gasteiger partial charge in [0, 0.05) is 0 Å². The zero-order valence-corrected chi connectivity index (χ0v) is 15.5. The van der Waals surface area contributed by atoms with Gasteiger partial charge in [-0.1, -0.05) is 78.6 Å². The highest BCUT2D eigenvalue weighted by molar-refractivity contribution is 4.61. The van der Waals surface area contributed by atoms with Crippen LogP contribution in [0.2, 0.25) is 0 Å². The van der Waals surface area contributed by atoms with E-state index in [-0.39, 0.29) is 6.29 Å². The van der Waals surface area contributed by atoms with Gasteiger partial charge in [0.25, 0.3) is 0 Å². The summed E-state index contributed by atoms with van der Waals surface area (Å²) < 4.78 is 11.1. The van der Waals surface area contributed by atoms with Crippen LogP contribution >= 0.6 is 0 Å². The number of rotatable bonds is 12. The maximum absolute atomic E-state index is 5.57. The Morgan fingerprint density at radius 1 is 0.682 bits per heavy atom. The first kappa shape index (κ1) is 20.0. The predicted molar refractivity (Wildman–Crippen MR) is 95.2 cm³/mol. The molecule has 2 nitrogen and oxygen atoms in total. The van der Waals surface area contributed by atoms with Gasteiger partial charge in [-0.3, -0.25) is 0 Å². The van der Waals surface area contributed by atoms with Crippen LogP contribution in [-0.2, 0) is 9.47 Å². The van der Waals surface area contributed by atoms with Crippen molar-refractivity contribution in [2.24, 2.45) is 5.41 Å². The van der Waals surface area contributed by atoms with Crippen molar-refractivity contribution in [2.45, 2.75) is 111 Å². The molecule has 0 saturated carbocycles. The lowest BCUT2D eigenvalue weighted by atomic mass is 9.89. The third kappa shape index (κ3) is 12.5. The van der Waals surface area contributed by atoms with E-state index in [2.05, 4.69) is 20.8 Å². The van der Waals surface area contributed by atoms with Crippen molar-refractivity contribution in [1.82, 2.24) is 0 Å². The summed E-state index contributed by atoms with van der Waals surface area (Å²) in [5, 5.41) is 0. The molecule has 0 N–H and O–H groups in total. The van der Waals surface area contributed by atoms with Gasteiger partial charge in [0.1, 0.15) is 0 Å². The van der Waals surface area contributed by atoms with Crippen molar-refractivity contribution >= 4 is 0 Å². The molecule has 132 valence electrons. The average Bonchev–Trinajstić information content (AvgIpc) is 2.48. The maximum atomic E-state index is 5.57. The highest BCUT2D eigenvalue weighted by Gasteiger charge is 2.12. The van der Waals surface area contributed by atoms with Crippen LogP contribution in [0.1, 0.15) is 104 Å². The summed E-state index contributed by atoms with van der Waals surface area (Å²) in [6.45, 7) is 8.82. The van der Waals surface area contributed by atoms with Crippen LogP contribution in [0.25, 0.3) is 0 Å². The first-order valence-electron chi connectivity index (χ1n) is 9.81. The van der Waals surface area contributed by atoms with E-state index in [9.17, 15) is 0 Å². The fourth-order valence-electron chi connectivity index (χ4n) is 3.08. The lowest BCUT2D eigenvalue weighted by molar-refractivity contribution is -0.181. The van der Waals surface area contributed by atoms with E-state index in [0.717, 1.165) is 26.1 Å². The van der Waals surface area contributed by atoms with Gasteiger partial charge in [0.15, 0.2) is 6.29 Å². The summed E-state index contributed by atoms with van der Waals surface area (Å²) in [5.41, 5.74) is 0.522. The molecule has 0 aromatic carbocycles. The molecule has 0 bridgehead atoms. The van der Waals surface area contributed by atoms with Crippen LogP contribution < -0.4 is 0 Å². The van der Waals surface area contributed by atoms with Crippen molar-refractivity contribution in [2.75, 3.05) is 13.2 Å². The second kappa shape index (κ2) is 12.4. The lowest BCUT2D eigenvalue weighted by Gasteiger charge is -2.22. The second-order valence-corrected chi connectivity index (χ2v) is 8.16. The smallest absolute Gasteiger partial charge is 0.157 e. The number of hydrogen-bond donors (Lipinski definition) is 0. The van der Waals surface area contributed by atoms with Gasteiger partial charge in [0.2, 0.25) is 0 Å². The Morgan fingerprint density at radius 3 is 1.64 bits per heavy atom. The topological polar surface area (TPSA) is 18.5 Å². The highest BCUT2D eigenvalue weighted by atomic mass is 16.7. The number of unbranched alkanes of at least 4 members (excludes halogenated alkanes) is 9. The monoisotopic (exact) mass is 312 g/mol. The Kier molecular flexibility index (Phi) is 11.2. The molecule has 0 radical (unpaired) electrons. The molecular weight excluding hydrogens is 272 g/mol.